The molecule has 17 heavy (non-hydrogen) atoms. The van der Waals surface area contributed by atoms with Crippen molar-refractivity contribution in [2.75, 3.05) is 33.4 Å². The molecule has 0 aromatic heterocycles. The van der Waals surface area contributed by atoms with E-state index in [1.54, 1.807) is 14.0 Å². The second-order valence-corrected chi connectivity index (χ2v) is 3.75. The number of rotatable bonds is 9. The molecule has 0 aliphatic heterocycles. The van der Waals surface area contributed by atoms with Crippen molar-refractivity contribution in [1.82, 2.24) is 16.0 Å². The lowest BCUT2D eigenvalue weighted by molar-refractivity contribution is -0.128. The Bertz CT molecular complexity index is 234. The molecule has 100 valence electrons. The van der Waals surface area contributed by atoms with E-state index in [4.69, 9.17) is 4.74 Å². The summed E-state index contributed by atoms with van der Waals surface area (Å²) in [6.45, 7) is 5.63. The molecule has 6 nitrogen and oxygen atoms in total. The van der Waals surface area contributed by atoms with Crippen LogP contribution < -0.4 is 16.0 Å². The van der Waals surface area contributed by atoms with Crippen LogP contribution in [0.2, 0.25) is 0 Å². The minimum Gasteiger partial charge on any atom is -0.383 e. The van der Waals surface area contributed by atoms with Gasteiger partial charge in [0.25, 0.3) is 0 Å². The van der Waals surface area contributed by atoms with Gasteiger partial charge in [-0.3, -0.25) is 9.59 Å². The standard InChI is InChI=1S/C11H23N3O3/c1-4-5-13-11(16)9(2)14-10(15)8-12-6-7-17-3/h9,12H,4-8H2,1-3H3,(H,13,16)(H,14,15). The minimum absolute atomic E-state index is 0.155. The maximum Gasteiger partial charge on any atom is 0.242 e. The van der Waals surface area contributed by atoms with E-state index in [0.717, 1.165) is 6.42 Å². The number of amides is 2. The molecule has 0 aromatic carbocycles. The van der Waals surface area contributed by atoms with E-state index >= 15 is 0 Å². The molecule has 1 unspecified atom stereocenters. The lowest BCUT2D eigenvalue weighted by atomic mass is 10.3. The average Bonchev–Trinajstić information content (AvgIpc) is 2.31. The number of nitrogens with one attached hydrogen (secondary N) is 3. The SMILES string of the molecule is CCCNC(=O)C(C)NC(=O)CNCCOC. The van der Waals surface area contributed by atoms with Crippen LogP contribution in [0.5, 0.6) is 0 Å². The molecule has 0 aliphatic carbocycles. The first kappa shape index (κ1) is 15.9. The zero-order chi connectivity index (χ0) is 13.1. The maximum atomic E-state index is 11.4. The lowest BCUT2D eigenvalue weighted by Crippen LogP contribution is -2.47. The Hall–Kier alpha value is -1.14. The van der Waals surface area contributed by atoms with Crippen LogP contribution in [0, 0.1) is 0 Å². The Morgan fingerprint density at radius 3 is 2.59 bits per heavy atom. The summed E-state index contributed by atoms with van der Waals surface area (Å²) in [7, 11) is 1.60. The molecule has 6 heteroatoms. The Morgan fingerprint density at radius 2 is 2.00 bits per heavy atom. The molecule has 0 fully saturated rings. The van der Waals surface area contributed by atoms with Crippen LogP contribution in [0.1, 0.15) is 20.3 Å². The van der Waals surface area contributed by atoms with E-state index in [0.29, 0.717) is 19.7 Å². The van der Waals surface area contributed by atoms with E-state index in [9.17, 15) is 9.59 Å². The number of hydrogen-bond acceptors (Lipinski definition) is 4. The molecule has 0 aliphatic rings. The molecule has 0 spiro atoms. The first-order chi connectivity index (χ1) is 8.11. The summed E-state index contributed by atoms with van der Waals surface area (Å²) in [5.41, 5.74) is 0. The minimum atomic E-state index is -0.502. The third-order valence-electron chi connectivity index (χ3n) is 2.09. The van der Waals surface area contributed by atoms with Crippen molar-refractivity contribution in [2.45, 2.75) is 26.3 Å². The maximum absolute atomic E-state index is 11.4. The fourth-order valence-corrected chi connectivity index (χ4v) is 1.14. The Morgan fingerprint density at radius 1 is 1.29 bits per heavy atom. The Balaban J connectivity index is 3.67. The largest absolute Gasteiger partial charge is 0.383 e. The van der Waals surface area contributed by atoms with Crippen LogP contribution >= 0.6 is 0 Å². The smallest absolute Gasteiger partial charge is 0.242 e. The second kappa shape index (κ2) is 10.0. The molecule has 0 saturated carbocycles. The molecular formula is C11H23N3O3. The van der Waals surface area contributed by atoms with E-state index in [2.05, 4.69) is 16.0 Å². The van der Waals surface area contributed by atoms with Crippen molar-refractivity contribution in [2.24, 2.45) is 0 Å². The van der Waals surface area contributed by atoms with Gasteiger partial charge in [0.2, 0.25) is 11.8 Å². The Labute approximate surface area is 102 Å². The monoisotopic (exact) mass is 245 g/mol. The summed E-state index contributed by atoms with van der Waals surface area (Å²) >= 11 is 0. The fraction of sp³-hybridized carbons (Fsp3) is 0.818. The van der Waals surface area contributed by atoms with Gasteiger partial charge in [0.1, 0.15) is 6.04 Å². The van der Waals surface area contributed by atoms with Gasteiger partial charge in [-0.25, -0.2) is 0 Å². The molecule has 1 atom stereocenters. The average molecular weight is 245 g/mol. The number of carbonyl (C=O) groups is 2. The van der Waals surface area contributed by atoms with Gasteiger partial charge in [0.15, 0.2) is 0 Å². The van der Waals surface area contributed by atoms with Gasteiger partial charge < -0.3 is 20.7 Å². The zero-order valence-corrected chi connectivity index (χ0v) is 10.8. The highest BCUT2D eigenvalue weighted by atomic mass is 16.5. The van der Waals surface area contributed by atoms with Crippen molar-refractivity contribution in [3.63, 3.8) is 0 Å². The summed E-state index contributed by atoms with van der Waals surface area (Å²) < 4.78 is 4.83. The molecule has 3 N–H and O–H groups in total. The summed E-state index contributed by atoms with van der Waals surface area (Å²) in [6, 6.07) is -0.502. The predicted octanol–water partition coefficient (Wildman–Crippen LogP) is -0.747. The zero-order valence-electron chi connectivity index (χ0n) is 10.8. The highest BCUT2D eigenvalue weighted by molar-refractivity contribution is 5.87. The normalized spacial score (nSPS) is 11.9. The molecule has 0 rings (SSSR count). The van der Waals surface area contributed by atoms with Crippen molar-refractivity contribution >= 4 is 11.8 Å². The summed E-state index contributed by atoms with van der Waals surface area (Å²) in [6.07, 6.45) is 0.880. The molecule has 0 heterocycles. The van der Waals surface area contributed by atoms with Gasteiger partial charge in [-0.05, 0) is 13.3 Å². The predicted molar refractivity (Wildman–Crippen MR) is 65.7 cm³/mol. The van der Waals surface area contributed by atoms with E-state index in [1.165, 1.54) is 0 Å². The molecule has 0 bridgehead atoms. The summed E-state index contributed by atoms with van der Waals surface area (Å²) in [4.78, 5) is 22.8. The van der Waals surface area contributed by atoms with Crippen LogP contribution in [-0.2, 0) is 14.3 Å². The molecule has 0 aromatic rings. The van der Waals surface area contributed by atoms with Gasteiger partial charge in [-0.1, -0.05) is 6.92 Å². The first-order valence-electron chi connectivity index (χ1n) is 5.88. The number of methoxy groups -OCH3 is 1. The summed E-state index contributed by atoms with van der Waals surface area (Å²) in [5.74, 6) is -0.350. The second-order valence-electron chi connectivity index (χ2n) is 3.75. The van der Waals surface area contributed by atoms with Gasteiger partial charge in [0, 0.05) is 20.2 Å². The van der Waals surface area contributed by atoms with Crippen molar-refractivity contribution in [3.8, 4) is 0 Å². The van der Waals surface area contributed by atoms with Crippen LogP contribution in [0.3, 0.4) is 0 Å². The van der Waals surface area contributed by atoms with Crippen LogP contribution in [0.25, 0.3) is 0 Å². The highest BCUT2D eigenvalue weighted by Gasteiger charge is 2.14. The van der Waals surface area contributed by atoms with Crippen molar-refractivity contribution in [1.29, 1.82) is 0 Å². The van der Waals surface area contributed by atoms with E-state index < -0.39 is 6.04 Å². The van der Waals surface area contributed by atoms with Crippen molar-refractivity contribution in [3.05, 3.63) is 0 Å². The highest BCUT2D eigenvalue weighted by Crippen LogP contribution is 1.83. The van der Waals surface area contributed by atoms with Gasteiger partial charge in [-0.15, -0.1) is 0 Å². The summed E-state index contributed by atoms with van der Waals surface area (Å²) in [5, 5.41) is 8.24. The quantitative estimate of drug-likeness (QED) is 0.467. The number of carbonyl (C=O) groups excluding carboxylic acids is 2. The molecule has 0 radical (unpaired) electrons. The molecular weight excluding hydrogens is 222 g/mol. The van der Waals surface area contributed by atoms with Gasteiger partial charge in [-0.2, -0.15) is 0 Å². The van der Waals surface area contributed by atoms with E-state index in [-0.39, 0.29) is 18.4 Å². The first-order valence-corrected chi connectivity index (χ1v) is 5.88. The van der Waals surface area contributed by atoms with Crippen LogP contribution in [0.15, 0.2) is 0 Å². The van der Waals surface area contributed by atoms with Crippen LogP contribution in [-0.4, -0.2) is 51.2 Å². The third kappa shape index (κ3) is 8.65. The Kier molecular flexibility index (Phi) is 9.37. The lowest BCUT2D eigenvalue weighted by Gasteiger charge is -2.14. The molecule has 0 saturated heterocycles. The van der Waals surface area contributed by atoms with Crippen LogP contribution in [0.4, 0.5) is 0 Å². The topological polar surface area (TPSA) is 79.5 Å². The van der Waals surface area contributed by atoms with Gasteiger partial charge in [0.05, 0.1) is 13.2 Å². The number of ether oxygens (including phenoxy) is 1. The van der Waals surface area contributed by atoms with E-state index in [1.807, 2.05) is 6.92 Å². The molecule has 2 amide bonds. The number of hydrogen-bond donors (Lipinski definition) is 3. The fourth-order valence-electron chi connectivity index (χ4n) is 1.14. The third-order valence-corrected chi connectivity index (χ3v) is 2.09. The van der Waals surface area contributed by atoms with Crippen molar-refractivity contribution < 1.29 is 14.3 Å². The van der Waals surface area contributed by atoms with Gasteiger partial charge >= 0.3 is 0 Å².